The fourth-order valence-electron chi connectivity index (χ4n) is 0. The van der Waals surface area contributed by atoms with Gasteiger partial charge in [-0.3, -0.25) is 0 Å². The first-order valence-corrected chi connectivity index (χ1v) is 1.72. The van der Waals surface area contributed by atoms with E-state index in [1.165, 1.54) is 0 Å². The van der Waals surface area contributed by atoms with Crippen molar-refractivity contribution in [3.05, 3.63) is 0 Å². The summed E-state index contributed by atoms with van der Waals surface area (Å²) in [4.78, 5) is 0. The SMILES string of the molecule is CC(C)(C)O.Cl.[Ta].[Zr]. The number of rotatable bonds is 0. The molecule has 0 amide bonds. The van der Waals surface area contributed by atoms with E-state index >= 15 is 0 Å². The number of halogens is 1. The Bertz CT molecular complexity index is 31.5. The Hall–Kier alpha value is 1.87. The van der Waals surface area contributed by atoms with Crippen LogP contribution in [0.15, 0.2) is 0 Å². The van der Waals surface area contributed by atoms with E-state index in [-0.39, 0.29) is 61.0 Å². The van der Waals surface area contributed by atoms with Gasteiger partial charge in [-0.05, 0) is 20.8 Å². The summed E-state index contributed by atoms with van der Waals surface area (Å²) >= 11 is 0. The third kappa shape index (κ3) is 106. The molecule has 0 fully saturated rings. The topological polar surface area (TPSA) is 20.2 Å². The van der Waals surface area contributed by atoms with Gasteiger partial charge in [0.15, 0.2) is 0 Å². The van der Waals surface area contributed by atoms with Gasteiger partial charge in [-0.2, -0.15) is 0 Å². The fourth-order valence-corrected chi connectivity index (χ4v) is 0. The van der Waals surface area contributed by atoms with E-state index in [0.717, 1.165) is 0 Å². The summed E-state index contributed by atoms with van der Waals surface area (Å²) in [5.74, 6) is 0. The predicted molar refractivity (Wildman–Crippen MR) is 29.2 cm³/mol. The maximum Gasteiger partial charge on any atom is 0.0563 e. The van der Waals surface area contributed by atoms with Crippen molar-refractivity contribution >= 4 is 12.4 Å². The van der Waals surface area contributed by atoms with Crippen molar-refractivity contribution in [2.75, 3.05) is 0 Å². The van der Waals surface area contributed by atoms with Gasteiger partial charge in [0, 0.05) is 48.6 Å². The molecular formula is C4H11ClOTaZr. The molecule has 4 heteroatoms. The maximum absolute atomic E-state index is 8.52. The zero-order chi connectivity index (χ0) is 4.50. The fraction of sp³-hybridized carbons (Fsp3) is 1.00. The Morgan fingerprint density at radius 2 is 1.12 bits per heavy atom. The molecule has 0 aromatic carbocycles. The molecule has 0 saturated carbocycles. The Kier molecular flexibility index (Phi) is 25.0. The van der Waals surface area contributed by atoms with E-state index in [9.17, 15) is 0 Å². The summed E-state index contributed by atoms with van der Waals surface area (Å²) in [6.45, 7) is 5.23. The van der Waals surface area contributed by atoms with Crippen LogP contribution in [-0.2, 0) is 48.6 Å². The minimum Gasteiger partial charge on any atom is -0.391 e. The molecule has 0 aromatic rings. The molecule has 1 N–H and O–H groups in total. The van der Waals surface area contributed by atoms with Crippen LogP contribution in [0.4, 0.5) is 0 Å². The Morgan fingerprint density at radius 1 is 1.12 bits per heavy atom. The molecule has 1 nitrogen and oxygen atoms in total. The molecule has 0 atom stereocenters. The average molecular weight is 383 g/mol. The van der Waals surface area contributed by atoms with Gasteiger partial charge in [0.25, 0.3) is 0 Å². The maximum atomic E-state index is 8.52. The van der Waals surface area contributed by atoms with E-state index in [1.807, 2.05) is 0 Å². The van der Waals surface area contributed by atoms with Crippen LogP contribution in [0.2, 0.25) is 0 Å². The Labute approximate surface area is 91.7 Å². The van der Waals surface area contributed by atoms with Crippen LogP contribution >= 0.6 is 12.4 Å². The van der Waals surface area contributed by atoms with Crippen LogP contribution in [-0.4, -0.2) is 10.7 Å². The summed E-state index contributed by atoms with van der Waals surface area (Å²) in [7, 11) is 0. The number of hydrogen-bond acceptors (Lipinski definition) is 1. The minimum atomic E-state index is -0.500. The summed E-state index contributed by atoms with van der Waals surface area (Å²) in [6, 6.07) is 0. The molecule has 0 saturated heterocycles. The molecule has 0 aliphatic carbocycles. The molecule has 0 bridgehead atoms. The third-order valence-electron chi connectivity index (χ3n) is 0. The van der Waals surface area contributed by atoms with Crippen molar-refractivity contribution in [1.29, 1.82) is 0 Å². The smallest absolute Gasteiger partial charge is 0.0563 e. The molecular weight excluding hydrogens is 372 g/mol. The molecule has 0 heterocycles. The summed E-state index contributed by atoms with van der Waals surface area (Å²) in [6.07, 6.45) is 0. The van der Waals surface area contributed by atoms with Gasteiger partial charge in [-0.1, -0.05) is 0 Å². The standard InChI is InChI=1S/C4H10O.ClH.Ta.Zr/c1-4(2,3)5;;;/h5H,1-3H3;1H;;. The van der Waals surface area contributed by atoms with E-state index < -0.39 is 5.60 Å². The monoisotopic (exact) mass is 381 g/mol. The summed E-state index contributed by atoms with van der Waals surface area (Å²) in [5.41, 5.74) is -0.500. The summed E-state index contributed by atoms with van der Waals surface area (Å²) < 4.78 is 0. The van der Waals surface area contributed by atoms with Gasteiger partial charge in [0.1, 0.15) is 0 Å². The van der Waals surface area contributed by atoms with Gasteiger partial charge < -0.3 is 5.11 Å². The van der Waals surface area contributed by atoms with E-state index in [4.69, 9.17) is 5.11 Å². The van der Waals surface area contributed by atoms with Crippen molar-refractivity contribution in [3.63, 3.8) is 0 Å². The van der Waals surface area contributed by atoms with Crippen LogP contribution in [0.1, 0.15) is 20.8 Å². The van der Waals surface area contributed by atoms with Crippen LogP contribution in [0.3, 0.4) is 0 Å². The first-order valence-electron chi connectivity index (χ1n) is 1.72. The normalized spacial score (nSPS) is 7.50. The van der Waals surface area contributed by atoms with Crippen LogP contribution < -0.4 is 0 Å². The first kappa shape index (κ1) is 22.5. The van der Waals surface area contributed by atoms with Crippen molar-refractivity contribution in [1.82, 2.24) is 0 Å². The third-order valence-corrected chi connectivity index (χ3v) is 0. The second-order valence-corrected chi connectivity index (χ2v) is 2.17. The number of aliphatic hydroxyl groups is 1. The molecule has 0 spiro atoms. The largest absolute Gasteiger partial charge is 0.391 e. The Morgan fingerprint density at radius 3 is 1.12 bits per heavy atom. The second-order valence-electron chi connectivity index (χ2n) is 2.17. The van der Waals surface area contributed by atoms with E-state index in [0.29, 0.717) is 0 Å². The van der Waals surface area contributed by atoms with Crippen molar-refractivity contribution in [2.24, 2.45) is 0 Å². The predicted octanol–water partition coefficient (Wildman–Crippen LogP) is 1.19. The van der Waals surface area contributed by atoms with Crippen LogP contribution in [0.25, 0.3) is 0 Å². The molecule has 49 valence electrons. The zero-order valence-corrected chi connectivity index (χ0v) is 11.8. The van der Waals surface area contributed by atoms with Gasteiger partial charge in [0.05, 0.1) is 5.60 Å². The quantitative estimate of drug-likeness (QED) is 0.667. The van der Waals surface area contributed by atoms with Crippen molar-refractivity contribution < 1.29 is 53.7 Å². The number of hydrogen-bond donors (Lipinski definition) is 1. The molecule has 1 radical (unpaired) electrons. The van der Waals surface area contributed by atoms with Gasteiger partial charge >= 0.3 is 0 Å². The molecule has 0 aromatic heterocycles. The van der Waals surface area contributed by atoms with Crippen LogP contribution in [0.5, 0.6) is 0 Å². The first-order chi connectivity index (χ1) is 2.00. The van der Waals surface area contributed by atoms with Gasteiger partial charge in [-0.25, -0.2) is 0 Å². The Balaban J connectivity index is -0.0000000267. The average Bonchev–Trinajstić information content (AvgIpc) is 0.722. The van der Waals surface area contributed by atoms with Crippen LogP contribution in [0, 0.1) is 0 Å². The molecule has 0 aliphatic heterocycles. The molecule has 0 unspecified atom stereocenters. The van der Waals surface area contributed by atoms with Gasteiger partial charge in [0.2, 0.25) is 0 Å². The minimum absolute atomic E-state index is 0. The van der Waals surface area contributed by atoms with Crippen molar-refractivity contribution in [2.45, 2.75) is 26.4 Å². The van der Waals surface area contributed by atoms with Gasteiger partial charge in [-0.15, -0.1) is 12.4 Å². The van der Waals surface area contributed by atoms with E-state index in [1.54, 1.807) is 20.8 Å². The molecule has 0 rings (SSSR count). The zero-order valence-electron chi connectivity index (χ0n) is 5.30. The molecule has 0 aliphatic rings. The second kappa shape index (κ2) is 8.87. The van der Waals surface area contributed by atoms with E-state index in [2.05, 4.69) is 0 Å². The van der Waals surface area contributed by atoms with Crippen molar-refractivity contribution in [3.8, 4) is 0 Å². The molecule has 8 heavy (non-hydrogen) atoms. The summed E-state index contributed by atoms with van der Waals surface area (Å²) in [5, 5.41) is 8.52.